The van der Waals surface area contributed by atoms with Crippen molar-refractivity contribution in [2.45, 2.75) is 0 Å². The fourth-order valence-electron chi connectivity index (χ4n) is 3.35. The normalized spacial score (nSPS) is 11.3. The first kappa shape index (κ1) is 15.9. The molecule has 0 spiro atoms. The van der Waals surface area contributed by atoms with Crippen LogP contribution in [0.25, 0.3) is 38.9 Å². The second-order valence-electron chi connectivity index (χ2n) is 6.35. The Morgan fingerprint density at radius 3 is 2.59 bits per heavy atom. The average Bonchev–Trinajstić information content (AvgIpc) is 3.17. The van der Waals surface area contributed by atoms with Crippen molar-refractivity contribution in [3.8, 4) is 17.1 Å². The van der Waals surface area contributed by atoms with E-state index >= 15 is 0 Å². The van der Waals surface area contributed by atoms with Crippen LogP contribution in [0.15, 0.2) is 83.8 Å². The number of nitrogens with one attached hydrogen (secondary N) is 1. The molecule has 2 heterocycles. The number of nitrogens with zero attached hydrogens (tertiary/aromatic N) is 2. The number of fused-ring (bicyclic) bond motifs is 2. The Balaban J connectivity index is 1.87. The predicted molar refractivity (Wildman–Crippen MR) is 110 cm³/mol. The van der Waals surface area contributed by atoms with E-state index in [9.17, 15) is 4.79 Å². The van der Waals surface area contributed by atoms with Gasteiger partial charge < -0.3 is 4.98 Å². The molecule has 0 saturated heterocycles. The first-order valence-corrected chi connectivity index (χ1v) is 8.94. The highest BCUT2D eigenvalue weighted by molar-refractivity contribution is 6.30. The summed E-state index contributed by atoms with van der Waals surface area (Å²) in [4.78, 5) is 21.3. The Bertz CT molecular complexity index is 1350. The molecule has 130 valence electrons. The van der Waals surface area contributed by atoms with Gasteiger partial charge in [0, 0.05) is 27.7 Å². The van der Waals surface area contributed by atoms with Gasteiger partial charge in [0.15, 0.2) is 0 Å². The maximum absolute atomic E-state index is 13.3. The molecule has 3 aromatic carbocycles. The summed E-state index contributed by atoms with van der Waals surface area (Å²) >= 11 is 6.04. The van der Waals surface area contributed by atoms with E-state index in [2.05, 4.69) is 4.98 Å². The third kappa shape index (κ3) is 2.62. The quantitative estimate of drug-likeness (QED) is 0.464. The van der Waals surface area contributed by atoms with Gasteiger partial charge in [0.25, 0.3) is 5.56 Å². The summed E-state index contributed by atoms with van der Waals surface area (Å²) in [5.74, 6) is 0.601. The Hall–Kier alpha value is -3.37. The summed E-state index contributed by atoms with van der Waals surface area (Å²) in [6, 6.07) is 22.6. The van der Waals surface area contributed by atoms with Crippen LogP contribution < -0.4 is 5.56 Å². The van der Waals surface area contributed by atoms with Gasteiger partial charge in [-0.3, -0.25) is 9.36 Å². The van der Waals surface area contributed by atoms with Crippen molar-refractivity contribution in [3.05, 3.63) is 94.4 Å². The minimum atomic E-state index is -0.105. The lowest BCUT2D eigenvalue weighted by molar-refractivity contribution is 0.976. The molecule has 0 aliphatic heterocycles. The highest BCUT2D eigenvalue weighted by Gasteiger charge is 2.15. The van der Waals surface area contributed by atoms with Gasteiger partial charge in [0.2, 0.25) is 0 Å². The van der Waals surface area contributed by atoms with Gasteiger partial charge >= 0.3 is 0 Å². The van der Waals surface area contributed by atoms with E-state index in [-0.39, 0.29) is 5.56 Å². The topological polar surface area (TPSA) is 50.7 Å². The van der Waals surface area contributed by atoms with Gasteiger partial charge in [-0.25, -0.2) is 4.98 Å². The second kappa shape index (κ2) is 6.11. The largest absolute Gasteiger partial charge is 0.361 e. The number of H-pyrrole nitrogens is 1. The molecule has 5 rings (SSSR count). The zero-order valence-electron chi connectivity index (χ0n) is 14.2. The van der Waals surface area contributed by atoms with E-state index in [0.29, 0.717) is 21.7 Å². The monoisotopic (exact) mass is 371 g/mol. The van der Waals surface area contributed by atoms with Gasteiger partial charge in [-0.1, -0.05) is 23.7 Å². The molecule has 0 atom stereocenters. The molecule has 0 radical (unpaired) electrons. The third-order valence-corrected chi connectivity index (χ3v) is 4.92. The van der Waals surface area contributed by atoms with Crippen molar-refractivity contribution in [3.63, 3.8) is 0 Å². The summed E-state index contributed by atoms with van der Waals surface area (Å²) in [7, 11) is 0. The number of benzene rings is 3. The molecule has 0 amide bonds. The molecule has 2 aromatic heterocycles. The molecule has 5 heteroatoms. The van der Waals surface area contributed by atoms with E-state index < -0.39 is 0 Å². The van der Waals surface area contributed by atoms with Gasteiger partial charge in [0.05, 0.1) is 16.6 Å². The van der Waals surface area contributed by atoms with Gasteiger partial charge in [0.1, 0.15) is 5.82 Å². The number of halogens is 1. The first-order chi connectivity index (χ1) is 13.2. The molecule has 0 aliphatic rings. The fraction of sp³-hybridized carbons (Fsp3) is 0. The number of aromatic amines is 1. The van der Waals surface area contributed by atoms with Crippen LogP contribution >= 0.6 is 11.6 Å². The average molecular weight is 372 g/mol. The Morgan fingerprint density at radius 1 is 0.926 bits per heavy atom. The Kier molecular flexibility index (Phi) is 3.59. The van der Waals surface area contributed by atoms with Crippen LogP contribution in [0.2, 0.25) is 5.02 Å². The van der Waals surface area contributed by atoms with Crippen molar-refractivity contribution in [1.29, 1.82) is 0 Å². The molecular formula is C22H14ClN3O. The molecule has 4 nitrogen and oxygen atoms in total. The predicted octanol–water partition coefficient (Wildman–Crippen LogP) is 5.19. The van der Waals surface area contributed by atoms with E-state index in [1.807, 2.05) is 60.8 Å². The van der Waals surface area contributed by atoms with Gasteiger partial charge in [-0.15, -0.1) is 0 Å². The van der Waals surface area contributed by atoms with E-state index in [1.165, 1.54) is 0 Å². The SMILES string of the molecule is O=c1c2ccccc2nc(-c2ccc3[nH]ccc3c2)n1-c1ccc(Cl)cc1. The summed E-state index contributed by atoms with van der Waals surface area (Å²) in [6.07, 6.45) is 1.90. The van der Waals surface area contributed by atoms with Crippen LogP contribution in [0.5, 0.6) is 0 Å². The van der Waals surface area contributed by atoms with E-state index in [1.54, 1.807) is 22.8 Å². The molecule has 0 fully saturated rings. The minimum Gasteiger partial charge on any atom is -0.361 e. The van der Waals surface area contributed by atoms with Crippen molar-refractivity contribution in [2.75, 3.05) is 0 Å². The van der Waals surface area contributed by atoms with Crippen LogP contribution in [0.1, 0.15) is 0 Å². The number of para-hydroxylation sites is 1. The zero-order chi connectivity index (χ0) is 18.4. The summed E-state index contributed by atoms with van der Waals surface area (Å²) in [5.41, 5.74) is 3.22. The van der Waals surface area contributed by atoms with Crippen LogP contribution in [0.4, 0.5) is 0 Å². The lowest BCUT2D eigenvalue weighted by atomic mass is 10.1. The highest BCUT2D eigenvalue weighted by atomic mass is 35.5. The van der Waals surface area contributed by atoms with Gasteiger partial charge in [-0.2, -0.15) is 0 Å². The van der Waals surface area contributed by atoms with Crippen molar-refractivity contribution in [1.82, 2.24) is 14.5 Å². The summed E-state index contributed by atoms with van der Waals surface area (Å²) in [6.45, 7) is 0. The number of hydrogen-bond acceptors (Lipinski definition) is 2. The maximum Gasteiger partial charge on any atom is 0.266 e. The maximum atomic E-state index is 13.3. The lowest BCUT2D eigenvalue weighted by Gasteiger charge is -2.14. The van der Waals surface area contributed by atoms with Crippen LogP contribution in [-0.2, 0) is 0 Å². The molecule has 0 bridgehead atoms. The molecule has 0 saturated carbocycles. The minimum absolute atomic E-state index is 0.105. The van der Waals surface area contributed by atoms with E-state index in [0.717, 1.165) is 22.2 Å². The summed E-state index contributed by atoms with van der Waals surface area (Å²) < 4.78 is 1.65. The fourth-order valence-corrected chi connectivity index (χ4v) is 3.47. The highest BCUT2D eigenvalue weighted by Crippen LogP contribution is 2.26. The van der Waals surface area contributed by atoms with E-state index in [4.69, 9.17) is 16.6 Å². The van der Waals surface area contributed by atoms with Crippen molar-refractivity contribution < 1.29 is 0 Å². The first-order valence-electron chi connectivity index (χ1n) is 8.56. The van der Waals surface area contributed by atoms with Crippen molar-refractivity contribution >= 4 is 33.4 Å². The van der Waals surface area contributed by atoms with Crippen LogP contribution in [-0.4, -0.2) is 14.5 Å². The van der Waals surface area contributed by atoms with Crippen LogP contribution in [0, 0.1) is 0 Å². The molecule has 27 heavy (non-hydrogen) atoms. The van der Waals surface area contributed by atoms with Gasteiger partial charge in [-0.05, 0) is 60.7 Å². The third-order valence-electron chi connectivity index (χ3n) is 4.67. The summed E-state index contributed by atoms with van der Waals surface area (Å²) in [5, 5.41) is 2.27. The Morgan fingerprint density at radius 2 is 1.74 bits per heavy atom. The van der Waals surface area contributed by atoms with Crippen molar-refractivity contribution in [2.24, 2.45) is 0 Å². The van der Waals surface area contributed by atoms with Crippen LogP contribution in [0.3, 0.4) is 0 Å². The smallest absolute Gasteiger partial charge is 0.266 e. The number of rotatable bonds is 2. The zero-order valence-corrected chi connectivity index (χ0v) is 14.9. The molecule has 1 N–H and O–H groups in total. The Labute approximate surface area is 159 Å². The standard InChI is InChI=1S/C22H14ClN3O/c23-16-6-8-17(9-7-16)26-21(15-5-10-19-14(13-15)11-12-24-19)25-20-4-2-1-3-18(20)22(26)27/h1-13,24H. The molecule has 0 aliphatic carbocycles. The molecule has 5 aromatic rings. The number of aromatic nitrogens is 3. The molecule has 0 unspecified atom stereocenters. The molecular weight excluding hydrogens is 358 g/mol. The lowest BCUT2D eigenvalue weighted by Crippen LogP contribution is -2.21. The number of hydrogen-bond donors (Lipinski definition) is 1. The second-order valence-corrected chi connectivity index (χ2v) is 6.79.